The van der Waals surface area contributed by atoms with Crippen LogP contribution in [0.4, 0.5) is 26.3 Å². The van der Waals surface area contributed by atoms with Gasteiger partial charge in [-0.25, -0.2) is 4.98 Å². The lowest BCUT2D eigenvalue weighted by Crippen LogP contribution is -2.53. The van der Waals surface area contributed by atoms with Gasteiger partial charge in [0.2, 0.25) is 0 Å². The van der Waals surface area contributed by atoms with Gasteiger partial charge in [-0.15, -0.1) is 0 Å². The SMILES string of the molecule is O=c1c2cc(O)ccc2nc(Cc2ccccc2)n1-c1ccc(C(O)(C(F)(F)F)C(F)(F)F)cc1. The van der Waals surface area contributed by atoms with Gasteiger partial charge >= 0.3 is 12.4 Å². The molecular formula is C24H16F6N2O3. The molecule has 0 saturated heterocycles. The number of fused-ring (bicyclic) bond motifs is 1. The van der Waals surface area contributed by atoms with Crippen LogP contribution in [0, 0.1) is 0 Å². The van der Waals surface area contributed by atoms with Crippen molar-refractivity contribution in [3.63, 3.8) is 0 Å². The Morgan fingerprint density at radius 2 is 1.43 bits per heavy atom. The number of aliphatic hydroxyl groups is 1. The number of benzene rings is 3. The number of halogens is 6. The van der Waals surface area contributed by atoms with E-state index in [4.69, 9.17) is 0 Å². The molecule has 4 rings (SSSR count). The van der Waals surface area contributed by atoms with Crippen LogP contribution in [0.1, 0.15) is 17.0 Å². The Morgan fingerprint density at radius 1 is 0.829 bits per heavy atom. The Balaban J connectivity index is 1.91. The van der Waals surface area contributed by atoms with Crippen LogP contribution in [0.3, 0.4) is 0 Å². The minimum absolute atomic E-state index is 0.00650. The summed E-state index contributed by atoms with van der Waals surface area (Å²) in [6.07, 6.45) is -12.0. The topological polar surface area (TPSA) is 75.3 Å². The van der Waals surface area contributed by atoms with Crippen molar-refractivity contribution in [2.75, 3.05) is 0 Å². The Kier molecular flexibility index (Phi) is 5.84. The number of aromatic hydroxyl groups is 1. The second-order valence-electron chi connectivity index (χ2n) is 7.79. The lowest BCUT2D eigenvalue weighted by molar-refractivity contribution is -0.376. The summed E-state index contributed by atoms with van der Waals surface area (Å²) in [5, 5.41) is 19.4. The van der Waals surface area contributed by atoms with E-state index in [2.05, 4.69) is 4.98 Å². The first kappa shape index (κ1) is 24.3. The van der Waals surface area contributed by atoms with E-state index in [0.717, 1.165) is 28.3 Å². The summed E-state index contributed by atoms with van der Waals surface area (Å²) in [6, 6.07) is 15.3. The second kappa shape index (κ2) is 8.42. The Bertz CT molecular complexity index is 1410. The zero-order chi connectivity index (χ0) is 25.6. The highest BCUT2D eigenvalue weighted by molar-refractivity contribution is 5.79. The van der Waals surface area contributed by atoms with Gasteiger partial charge in [-0.2, -0.15) is 26.3 Å². The first-order chi connectivity index (χ1) is 16.3. The molecule has 0 atom stereocenters. The number of nitrogens with zero attached hydrogens (tertiary/aromatic N) is 2. The van der Waals surface area contributed by atoms with E-state index in [1.807, 2.05) is 0 Å². The maximum Gasteiger partial charge on any atom is 0.430 e. The highest BCUT2D eigenvalue weighted by Crippen LogP contribution is 2.50. The van der Waals surface area contributed by atoms with Gasteiger partial charge in [0.25, 0.3) is 11.2 Å². The van der Waals surface area contributed by atoms with Crippen molar-refractivity contribution in [3.05, 3.63) is 100 Å². The molecule has 35 heavy (non-hydrogen) atoms. The van der Waals surface area contributed by atoms with Gasteiger partial charge < -0.3 is 10.2 Å². The number of phenols is 1. The van der Waals surface area contributed by atoms with Crippen LogP contribution in [0.25, 0.3) is 16.6 Å². The predicted molar refractivity (Wildman–Crippen MR) is 114 cm³/mol. The molecule has 0 unspecified atom stereocenters. The summed E-state index contributed by atoms with van der Waals surface area (Å²) in [4.78, 5) is 17.7. The van der Waals surface area contributed by atoms with Crippen LogP contribution < -0.4 is 5.56 Å². The van der Waals surface area contributed by atoms with Crippen LogP contribution >= 0.6 is 0 Å². The molecule has 0 amide bonds. The molecule has 0 bridgehead atoms. The van der Waals surface area contributed by atoms with Gasteiger partial charge in [-0.3, -0.25) is 9.36 Å². The van der Waals surface area contributed by atoms with Crippen LogP contribution in [0.5, 0.6) is 5.75 Å². The monoisotopic (exact) mass is 494 g/mol. The molecule has 3 aromatic carbocycles. The normalized spacial score (nSPS) is 12.8. The maximum absolute atomic E-state index is 13.3. The summed E-state index contributed by atoms with van der Waals surface area (Å²) >= 11 is 0. The molecule has 0 radical (unpaired) electrons. The Labute approximate surface area is 193 Å². The second-order valence-corrected chi connectivity index (χ2v) is 7.79. The van der Waals surface area contributed by atoms with Crippen LogP contribution in [0.2, 0.25) is 0 Å². The number of alkyl halides is 6. The van der Waals surface area contributed by atoms with E-state index in [1.54, 1.807) is 30.3 Å². The molecule has 0 aliphatic carbocycles. The molecule has 0 saturated carbocycles. The van der Waals surface area contributed by atoms with E-state index in [9.17, 15) is 41.4 Å². The largest absolute Gasteiger partial charge is 0.508 e. The van der Waals surface area contributed by atoms with Crippen molar-refractivity contribution < 1.29 is 36.6 Å². The van der Waals surface area contributed by atoms with E-state index >= 15 is 0 Å². The summed E-state index contributed by atoms with van der Waals surface area (Å²) in [5.74, 6) is -0.0661. The Hall–Kier alpha value is -3.86. The molecule has 1 aromatic heterocycles. The van der Waals surface area contributed by atoms with E-state index < -0.39 is 29.1 Å². The highest BCUT2D eigenvalue weighted by Gasteiger charge is 2.71. The van der Waals surface area contributed by atoms with Crippen molar-refractivity contribution >= 4 is 10.9 Å². The number of hydrogen-bond donors (Lipinski definition) is 2. The van der Waals surface area contributed by atoms with Gasteiger partial charge in [0, 0.05) is 12.0 Å². The van der Waals surface area contributed by atoms with Gasteiger partial charge in [-0.1, -0.05) is 42.5 Å². The molecule has 5 nitrogen and oxygen atoms in total. The standard InChI is InChI=1S/C24H16F6N2O3/c25-23(26,27)22(35,24(28,29)30)15-6-8-16(9-7-15)32-20(12-14-4-2-1-3-5-14)31-19-11-10-17(33)13-18(19)21(32)34/h1-11,13,33,35H,12H2. The number of hydrogen-bond acceptors (Lipinski definition) is 4. The molecule has 0 spiro atoms. The molecule has 1 heterocycles. The zero-order valence-corrected chi connectivity index (χ0v) is 17.6. The summed E-state index contributed by atoms with van der Waals surface area (Å²) < 4.78 is 80.4. The third kappa shape index (κ3) is 4.23. The first-order valence-corrected chi connectivity index (χ1v) is 10.1. The summed E-state index contributed by atoms with van der Waals surface area (Å²) in [7, 11) is 0. The van der Waals surface area contributed by atoms with Gasteiger partial charge in [0.15, 0.2) is 0 Å². The fourth-order valence-electron chi connectivity index (χ4n) is 3.72. The van der Waals surface area contributed by atoms with Gasteiger partial charge in [-0.05, 0) is 35.9 Å². The molecular weight excluding hydrogens is 478 g/mol. The van der Waals surface area contributed by atoms with Crippen molar-refractivity contribution in [1.82, 2.24) is 9.55 Å². The average molecular weight is 494 g/mol. The maximum atomic E-state index is 13.3. The number of phenolic OH excluding ortho intramolecular Hbond substituents is 1. The quantitative estimate of drug-likeness (QED) is 0.392. The molecule has 4 aromatic rings. The van der Waals surface area contributed by atoms with Crippen molar-refractivity contribution in [1.29, 1.82) is 0 Å². The predicted octanol–water partition coefficient (Wildman–Crippen LogP) is 4.99. The van der Waals surface area contributed by atoms with Crippen molar-refractivity contribution in [2.24, 2.45) is 0 Å². The molecule has 11 heteroatoms. The molecule has 0 aliphatic rings. The third-order valence-corrected chi connectivity index (χ3v) is 5.49. The van der Waals surface area contributed by atoms with Crippen LogP contribution in [-0.4, -0.2) is 32.1 Å². The zero-order valence-electron chi connectivity index (χ0n) is 17.6. The summed E-state index contributed by atoms with van der Waals surface area (Å²) in [6.45, 7) is 0. The minimum Gasteiger partial charge on any atom is -0.508 e. The fourth-order valence-corrected chi connectivity index (χ4v) is 3.72. The molecule has 2 N–H and O–H groups in total. The van der Waals surface area contributed by atoms with Crippen molar-refractivity contribution in [2.45, 2.75) is 24.4 Å². The molecule has 182 valence electrons. The first-order valence-electron chi connectivity index (χ1n) is 10.1. The average Bonchev–Trinajstić information content (AvgIpc) is 2.79. The minimum atomic E-state index is -6.04. The van der Waals surface area contributed by atoms with E-state index in [1.165, 1.54) is 12.1 Å². The smallest absolute Gasteiger partial charge is 0.430 e. The number of aromatic nitrogens is 2. The Morgan fingerprint density at radius 3 is 2.00 bits per heavy atom. The molecule has 0 fully saturated rings. The lowest BCUT2D eigenvalue weighted by Gasteiger charge is -2.32. The highest BCUT2D eigenvalue weighted by atomic mass is 19.4. The van der Waals surface area contributed by atoms with Gasteiger partial charge in [0.05, 0.1) is 16.6 Å². The van der Waals surface area contributed by atoms with E-state index in [0.29, 0.717) is 12.1 Å². The fraction of sp³-hybridized carbons (Fsp3) is 0.167. The van der Waals surface area contributed by atoms with Gasteiger partial charge in [0.1, 0.15) is 11.6 Å². The third-order valence-electron chi connectivity index (χ3n) is 5.49. The summed E-state index contributed by atoms with van der Waals surface area (Å²) in [5.41, 5.74) is -6.32. The lowest BCUT2D eigenvalue weighted by atomic mass is 9.92. The van der Waals surface area contributed by atoms with Crippen molar-refractivity contribution in [3.8, 4) is 11.4 Å². The van der Waals surface area contributed by atoms with Crippen LogP contribution in [0.15, 0.2) is 77.6 Å². The number of rotatable bonds is 4. The molecule has 0 aliphatic heterocycles. The van der Waals surface area contributed by atoms with E-state index in [-0.39, 0.29) is 34.6 Å². The van der Waals surface area contributed by atoms with Crippen LogP contribution in [-0.2, 0) is 12.0 Å².